The molecule has 4 nitrogen and oxygen atoms in total. The summed E-state index contributed by atoms with van der Waals surface area (Å²) in [5, 5.41) is 13.0. The number of ether oxygens (including phenoxy) is 1. The Morgan fingerprint density at radius 3 is 3.00 bits per heavy atom. The maximum absolute atomic E-state index is 12.1. The second kappa shape index (κ2) is 5.21. The number of rotatable bonds is 2. The van der Waals surface area contributed by atoms with Gasteiger partial charge in [-0.2, -0.15) is 0 Å². The van der Waals surface area contributed by atoms with Gasteiger partial charge >= 0.3 is 0 Å². The van der Waals surface area contributed by atoms with Gasteiger partial charge < -0.3 is 15.2 Å². The fourth-order valence-corrected chi connectivity index (χ4v) is 3.03. The molecule has 102 valence electrons. The molecular weight excluding hydrogens is 242 g/mol. The summed E-state index contributed by atoms with van der Waals surface area (Å²) in [7, 11) is 0. The van der Waals surface area contributed by atoms with Crippen LogP contribution in [0.4, 0.5) is 0 Å². The molecule has 2 N–H and O–H groups in total. The monoisotopic (exact) mass is 261 g/mol. The van der Waals surface area contributed by atoms with Crippen LogP contribution in [-0.4, -0.2) is 23.7 Å². The lowest BCUT2D eigenvalue weighted by Gasteiger charge is -2.27. The van der Waals surface area contributed by atoms with Crippen LogP contribution in [0.15, 0.2) is 18.2 Å². The number of aromatic hydroxyl groups is 1. The van der Waals surface area contributed by atoms with Crippen molar-refractivity contribution < 1.29 is 14.6 Å². The summed E-state index contributed by atoms with van der Waals surface area (Å²) in [5.74, 6) is 0.326. The van der Waals surface area contributed by atoms with Crippen LogP contribution in [0.2, 0.25) is 0 Å². The molecular formula is C15H19NO3. The minimum absolute atomic E-state index is 0.00699. The molecule has 0 aromatic heterocycles. The maximum atomic E-state index is 12.1. The molecule has 3 rings (SSSR count). The molecule has 0 unspecified atom stereocenters. The second-order valence-electron chi connectivity index (χ2n) is 5.30. The number of phenols is 1. The van der Waals surface area contributed by atoms with Crippen molar-refractivity contribution in [3.05, 3.63) is 29.3 Å². The predicted octanol–water partition coefficient (Wildman–Crippen LogP) is 2.06. The average Bonchev–Trinajstić information content (AvgIpc) is 2.94. The third kappa shape index (κ3) is 2.45. The summed E-state index contributed by atoms with van der Waals surface area (Å²) in [6.45, 7) is 0.681. The zero-order valence-corrected chi connectivity index (χ0v) is 10.9. The summed E-state index contributed by atoms with van der Waals surface area (Å²) in [4.78, 5) is 12.1. The summed E-state index contributed by atoms with van der Waals surface area (Å²) in [6, 6.07) is 5.55. The van der Waals surface area contributed by atoms with Gasteiger partial charge in [-0.3, -0.25) is 4.79 Å². The molecule has 1 fully saturated rings. The molecule has 1 amide bonds. The lowest BCUT2D eigenvalue weighted by molar-refractivity contribution is -0.130. The number of benzene rings is 1. The lowest BCUT2D eigenvalue weighted by atomic mass is 9.87. The van der Waals surface area contributed by atoms with E-state index in [1.165, 1.54) is 0 Å². The van der Waals surface area contributed by atoms with Gasteiger partial charge in [-0.1, -0.05) is 12.1 Å². The summed E-state index contributed by atoms with van der Waals surface area (Å²) in [5.41, 5.74) is 2.03. The molecule has 19 heavy (non-hydrogen) atoms. The molecule has 0 radical (unpaired) electrons. The topological polar surface area (TPSA) is 58.6 Å². The van der Waals surface area contributed by atoms with Gasteiger partial charge in [0, 0.05) is 6.61 Å². The molecule has 0 spiro atoms. The Morgan fingerprint density at radius 1 is 1.32 bits per heavy atom. The number of fused-ring (bicyclic) bond motifs is 1. The van der Waals surface area contributed by atoms with Crippen LogP contribution in [0, 0.1) is 0 Å². The predicted molar refractivity (Wildman–Crippen MR) is 70.9 cm³/mol. The van der Waals surface area contributed by atoms with Crippen LogP contribution in [0.5, 0.6) is 5.75 Å². The number of amides is 1. The molecule has 2 aliphatic rings. The number of hydrogen-bond donors (Lipinski definition) is 2. The third-order valence-corrected chi connectivity index (χ3v) is 4.02. The van der Waals surface area contributed by atoms with E-state index in [1.54, 1.807) is 6.07 Å². The fourth-order valence-electron chi connectivity index (χ4n) is 3.03. The van der Waals surface area contributed by atoms with Gasteiger partial charge in [0.1, 0.15) is 11.9 Å². The van der Waals surface area contributed by atoms with E-state index in [0.29, 0.717) is 12.4 Å². The number of phenolic OH excluding ortho intramolecular Hbond substituents is 1. The molecule has 1 heterocycles. The van der Waals surface area contributed by atoms with Gasteiger partial charge in [0.2, 0.25) is 5.91 Å². The van der Waals surface area contributed by atoms with Crippen LogP contribution in [0.25, 0.3) is 0 Å². The van der Waals surface area contributed by atoms with E-state index >= 15 is 0 Å². The SMILES string of the molecule is O=C(N[C@@H]1CCCc2c(O)cccc21)[C@@H]1CCCO1. The molecule has 1 aromatic carbocycles. The average molecular weight is 261 g/mol. The van der Waals surface area contributed by atoms with E-state index < -0.39 is 0 Å². The minimum Gasteiger partial charge on any atom is -0.508 e. The van der Waals surface area contributed by atoms with E-state index in [4.69, 9.17) is 4.74 Å². The molecule has 2 atom stereocenters. The molecule has 1 saturated heterocycles. The van der Waals surface area contributed by atoms with E-state index in [1.807, 2.05) is 12.1 Å². The van der Waals surface area contributed by atoms with Gasteiger partial charge in [-0.25, -0.2) is 0 Å². The van der Waals surface area contributed by atoms with Crippen molar-refractivity contribution in [2.75, 3.05) is 6.61 Å². The van der Waals surface area contributed by atoms with Gasteiger partial charge in [0.25, 0.3) is 0 Å². The second-order valence-corrected chi connectivity index (χ2v) is 5.30. The highest BCUT2D eigenvalue weighted by Gasteiger charge is 2.28. The first kappa shape index (κ1) is 12.5. The minimum atomic E-state index is -0.289. The lowest BCUT2D eigenvalue weighted by Crippen LogP contribution is -2.38. The largest absolute Gasteiger partial charge is 0.508 e. The van der Waals surface area contributed by atoms with E-state index in [2.05, 4.69) is 5.32 Å². The highest BCUT2D eigenvalue weighted by atomic mass is 16.5. The molecule has 0 bridgehead atoms. The van der Waals surface area contributed by atoms with E-state index in [9.17, 15) is 9.90 Å². The normalized spacial score (nSPS) is 25.9. The Balaban J connectivity index is 1.76. The Kier molecular flexibility index (Phi) is 3.42. The van der Waals surface area contributed by atoms with Crippen molar-refractivity contribution >= 4 is 5.91 Å². The summed E-state index contributed by atoms with van der Waals surface area (Å²) in [6.07, 6.45) is 4.28. The van der Waals surface area contributed by atoms with Crippen LogP contribution in [0.3, 0.4) is 0 Å². The third-order valence-electron chi connectivity index (χ3n) is 4.02. The van der Waals surface area contributed by atoms with Gasteiger partial charge in [0.15, 0.2) is 0 Å². The van der Waals surface area contributed by atoms with Crippen molar-refractivity contribution in [1.82, 2.24) is 5.32 Å². The summed E-state index contributed by atoms with van der Waals surface area (Å²) >= 11 is 0. The van der Waals surface area contributed by atoms with Gasteiger partial charge in [-0.05, 0) is 49.3 Å². The summed E-state index contributed by atoms with van der Waals surface area (Å²) < 4.78 is 5.41. The van der Waals surface area contributed by atoms with Crippen LogP contribution < -0.4 is 5.32 Å². The van der Waals surface area contributed by atoms with Crippen molar-refractivity contribution in [3.63, 3.8) is 0 Å². The first-order valence-electron chi connectivity index (χ1n) is 6.98. The smallest absolute Gasteiger partial charge is 0.249 e. The van der Waals surface area contributed by atoms with Crippen LogP contribution in [0.1, 0.15) is 42.9 Å². The zero-order chi connectivity index (χ0) is 13.2. The Bertz CT molecular complexity index is 480. The highest BCUT2D eigenvalue weighted by molar-refractivity contribution is 5.81. The Labute approximate surface area is 112 Å². The number of carbonyl (C=O) groups is 1. The molecule has 4 heteroatoms. The van der Waals surface area contributed by atoms with Gasteiger partial charge in [-0.15, -0.1) is 0 Å². The Hall–Kier alpha value is -1.55. The maximum Gasteiger partial charge on any atom is 0.249 e. The van der Waals surface area contributed by atoms with Crippen molar-refractivity contribution in [2.45, 2.75) is 44.2 Å². The molecule has 0 saturated carbocycles. The number of hydrogen-bond acceptors (Lipinski definition) is 3. The van der Waals surface area contributed by atoms with Crippen LogP contribution in [-0.2, 0) is 16.0 Å². The van der Waals surface area contributed by atoms with E-state index in [-0.39, 0.29) is 18.1 Å². The molecule has 1 aromatic rings. The van der Waals surface area contributed by atoms with Gasteiger partial charge in [0.05, 0.1) is 6.04 Å². The standard InChI is InChI=1S/C15H19NO3/c17-13-7-2-4-10-11(13)5-1-6-12(10)16-15(18)14-8-3-9-19-14/h2,4,7,12,14,17H,1,3,5-6,8-9H2,(H,16,18)/t12-,14+/m1/s1. The Morgan fingerprint density at radius 2 is 2.21 bits per heavy atom. The molecule has 1 aliphatic heterocycles. The van der Waals surface area contributed by atoms with Crippen molar-refractivity contribution in [2.24, 2.45) is 0 Å². The van der Waals surface area contributed by atoms with Crippen molar-refractivity contribution in [3.8, 4) is 5.75 Å². The zero-order valence-electron chi connectivity index (χ0n) is 10.9. The molecule has 1 aliphatic carbocycles. The van der Waals surface area contributed by atoms with Crippen molar-refractivity contribution in [1.29, 1.82) is 0 Å². The first-order valence-corrected chi connectivity index (χ1v) is 6.98. The fraction of sp³-hybridized carbons (Fsp3) is 0.533. The number of carbonyl (C=O) groups excluding carboxylic acids is 1. The number of nitrogens with one attached hydrogen (secondary N) is 1. The van der Waals surface area contributed by atoms with Crippen LogP contribution >= 0.6 is 0 Å². The highest BCUT2D eigenvalue weighted by Crippen LogP contribution is 2.34. The first-order chi connectivity index (χ1) is 9.25. The van der Waals surface area contributed by atoms with E-state index in [0.717, 1.165) is 43.2 Å². The quantitative estimate of drug-likeness (QED) is 0.856.